The van der Waals surface area contributed by atoms with E-state index in [1.807, 2.05) is 0 Å². The van der Waals surface area contributed by atoms with Crippen LogP contribution in [-0.4, -0.2) is 25.3 Å². The Balaban J connectivity index is 2.34. The van der Waals surface area contributed by atoms with Crippen LogP contribution in [-0.2, 0) is 24.7 Å². The largest absolute Gasteiger partial charge is 0.506 e. The molecule has 0 spiro atoms. The molecule has 1 aliphatic rings. The molecule has 1 N–H and O–H groups in total. The van der Waals surface area contributed by atoms with Gasteiger partial charge in [0.25, 0.3) is 10.1 Å². The van der Waals surface area contributed by atoms with Gasteiger partial charge in [-0.05, 0) is 158 Å². The molecule has 0 aromatic heterocycles. The van der Waals surface area contributed by atoms with Crippen LogP contribution in [0.15, 0.2) is 58.9 Å². The molecule has 0 radical (unpaired) electrons. The maximum absolute atomic E-state index is 13.8. The first kappa shape index (κ1) is 32.3. The van der Waals surface area contributed by atoms with Crippen molar-refractivity contribution in [3.63, 3.8) is 0 Å². The summed E-state index contributed by atoms with van der Waals surface area (Å²) in [5.74, 6) is -1.22. The van der Waals surface area contributed by atoms with Gasteiger partial charge in [0.1, 0.15) is 10.6 Å². The van der Waals surface area contributed by atoms with Gasteiger partial charge < -0.3 is 9.84 Å². The number of Topliss-reactive ketones (excluding diaryl/α,β-unsaturated/α-hetero) is 1. The molecule has 1 unspecified atom stereocenters. The van der Waals surface area contributed by atoms with E-state index in [0.717, 1.165) is 0 Å². The lowest BCUT2D eigenvalue weighted by atomic mass is 9.77. The number of phenols is 1. The minimum Gasteiger partial charge on any atom is -0.506 e. The standard InChI is InChI=1S/C23H10Br8O7S/c1-6(32)13-9(5-12(26)21(15(13)27)37-7(2)33)23(8-3-10(24)20(34)11(25)4-8)14-16(28)17(29)18(30)19(31)22(14)39(35,36)38-23/h3-5,34H,1-2H3. The molecule has 1 heterocycles. The number of hydrogen-bond acceptors (Lipinski definition) is 7. The van der Waals surface area contributed by atoms with Gasteiger partial charge in [-0.1, -0.05) is 0 Å². The second-order valence-corrected chi connectivity index (χ2v) is 16.1. The van der Waals surface area contributed by atoms with Gasteiger partial charge in [-0.3, -0.25) is 9.59 Å². The number of ether oxygens (including phenoxy) is 1. The molecule has 0 bridgehead atoms. The number of hydrogen-bond donors (Lipinski definition) is 1. The second kappa shape index (κ2) is 11.5. The number of halogens is 8. The molecule has 0 saturated carbocycles. The van der Waals surface area contributed by atoms with Crippen LogP contribution in [0.1, 0.15) is 40.9 Å². The minimum absolute atomic E-state index is 0.000108. The van der Waals surface area contributed by atoms with E-state index >= 15 is 0 Å². The fourth-order valence-electron chi connectivity index (χ4n) is 4.17. The fourth-order valence-corrected chi connectivity index (χ4v) is 11.7. The zero-order chi connectivity index (χ0) is 29.4. The number of aromatic hydroxyl groups is 1. The van der Waals surface area contributed by atoms with Crippen molar-refractivity contribution in [3.05, 3.63) is 76.2 Å². The molecule has 3 aromatic rings. The number of phenolic OH excluding ortho intramolecular Hbond substituents is 1. The predicted molar refractivity (Wildman–Crippen MR) is 172 cm³/mol. The number of rotatable bonds is 4. The second-order valence-electron chi connectivity index (χ2n) is 8.04. The maximum atomic E-state index is 13.8. The summed E-state index contributed by atoms with van der Waals surface area (Å²) in [5, 5.41) is 10.5. The highest BCUT2D eigenvalue weighted by atomic mass is 79.9. The molecular formula is C23H10Br8O7S. The van der Waals surface area contributed by atoms with E-state index in [1.54, 1.807) is 0 Å². The molecule has 1 atom stereocenters. The Morgan fingerprint density at radius 2 is 1.36 bits per heavy atom. The van der Waals surface area contributed by atoms with E-state index in [1.165, 1.54) is 32.0 Å². The summed E-state index contributed by atoms with van der Waals surface area (Å²) in [5.41, 5.74) is -1.49. The van der Waals surface area contributed by atoms with E-state index in [4.69, 9.17) is 8.92 Å². The monoisotopic (exact) mass is 1060 g/mol. The van der Waals surface area contributed by atoms with Crippen LogP contribution in [0.25, 0.3) is 0 Å². The highest BCUT2D eigenvalue weighted by Crippen LogP contribution is 2.60. The van der Waals surface area contributed by atoms with Gasteiger partial charge in [0.15, 0.2) is 17.1 Å². The third kappa shape index (κ3) is 5.24. The summed E-state index contributed by atoms with van der Waals surface area (Å²) in [6.45, 7) is 2.50. The molecule has 7 nitrogen and oxygen atoms in total. The van der Waals surface area contributed by atoms with Crippen molar-refractivity contribution >= 4 is 149 Å². The number of ketones is 1. The Morgan fingerprint density at radius 3 is 1.87 bits per heavy atom. The van der Waals surface area contributed by atoms with E-state index in [-0.39, 0.29) is 61.0 Å². The van der Waals surface area contributed by atoms with Crippen LogP contribution in [0.4, 0.5) is 0 Å². The summed E-state index contributed by atoms with van der Waals surface area (Å²) in [6, 6.07) is 4.45. The summed E-state index contributed by atoms with van der Waals surface area (Å²) in [7, 11) is -4.48. The molecule has 16 heteroatoms. The normalized spacial score (nSPS) is 17.7. The topological polar surface area (TPSA) is 107 Å². The van der Waals surface area contributed by atoms with Crippen LogP contribution >= 0.6 is 127 Å². The number of esters is 1. The minimum atomic E-state index is -4.48. The van der Waals surface area contributed by atoms with E-state index in [2.05, 4.69) is 127 Å². The average Bonchev–Trinajstić information content (AvgIpc) is 3.09. The van der Waals surface area contributed by atoms with Gasteiger partial charge in [-0.15, -0.1) is 0 Å². The lowest BCUT2D eigenvalue weighted by molar-refractivity contribution is -0.132. The van der Waals surface area contributed by atoms with Crippen molar-refractivity contribution in [1.29, 1.82) is 0 Å². The Morgan fingerprint density at radius 1 is 0.821 bits per heavy atom. The summed E-state index contributed by atoms with van der Waals surface area (Å²) >= 11 is 27.3. The van der Waals surface area contributed by atoms with Crippen LogP contribution in [0.5, 0.6) is 11.5 Å². The van der Waals surface area contributed by atoms with E-state index in [0.29, 0.717) is 13.4 Å². The average molecular weight is 1070 g/mol. The van der Waals surface area contributed by atoms with Gasteiger partial charge in [0, 0.05) is 37.0 Å². The molecule has 206 valence electrons. The maximum Gasteiger partial charge on any atom is 0.308 e. The molecular weight excluding hydrogens is 1060 g/mol. The van der Waals surface area contributed by atoms with Crippen LogP contribution in [0, 0.1) is 0 Å². The number of carbonyl (C=O) groups excluding carboxylic acids is 2. The van der Waals surface area contributed by atoms with E-state index in [9.17, 15) is 23.1 Å². The Labute approximate surface area is 289 Å². The highest BCUT2D eigenvalue weighted by molar-refractivity contribution is 9.15. The molecule has 39 heavy (non-hydrogen) atoms. The molecule has 3 aromatic carbocycles. The van der Waals surface area contributed by atoms with Crippen LogP contribution < -0.4 is 4.74 Å². The van der Waals surface area contributed by atoms with Crippen molar-refractivity contribution < 1.29 is 32.0 Å². The fraction of sp³-hybridized carbons (Fsp3) is 0.130. The predicted octanol–water partition coefficient (Wildman–Crippen LogP) is 9.63. The van der Waals surface area contributed by atoms with Crippen molar-refractivity contribution in [2.75, 3.05) is 0 Å². The van der Waals surface area contributed by atoms with Crippen molar-refractivity contribution in [2.24, 2.45) is 0 Å². The number of fused-ring (bicyclic) bond motifs is 1. The lowest BCUT2D eigenvalue weighted by Gasteiger charge is -2.33. The van der Waals surface area contributed by atoms with Gasteiger partial charge in [-0.2, -0.15) is 8.42 Å². The zero-order valence-electron chi connectivity index (χ0n) is 19.1. The third-order valence-electron chi connectivity index (χ3n) is 5.64. The molecule has 0 saturated heterocycles. The first-order valence-corrected chi connectivity index (χ1v) is 17.9. The third-order valence-corrected chi connectivity index (χ3v) is 14.6. The quantitative estimate of drug-likeness (QED) is 0.0693. The molecule has 0 fully saturated rings. The van der Waals surface area contributed by atoms with Crippen molar-refractivity contribution in [1.82, 2.24) is 0 Å². The Bertz CT molecular complexity index is 1720. The summed E-state index contributed by atoms with van der Waals surface area (Å²) in [4.78, 5) is 24.9. The van der Waals surface area contributed by atoms with Crippen molar-refractivity contribution in [3.8, 4) is 11.5 Å². The zero-order valence-corrected chi connectivity index (χ0v) is 32.6. The lowest BCUT2D eigenvalue weighted by Crippen LogP contribution is -2.32. The first-order chi connectivity index (χ1) is 18.0. The van der Waals surface area contributed by atoms with Crippen molar-refractivity contribution in [2.45, 2.75) is 24.3 Å². The van der Waals surface area contributed by atoms with Gasteiger partial charge in [0.2, 0.25) is 0 Å². The number of benzene rings is 3. The Kier molecular flexibility index (Phi) is 9.47. The first-order valence-electron chi connectivity index (χ1n) is 10.2. The van der Waals surface area contributed by atoms with Crippen LogP contribution in [0.2, 0.25) is 0 Å². The highest BCUT2D eigenvalue weighted by Gasteiger charge is 2.56. The summed E-state index contributed by atoms with van der Waals surface area (Å²) in [6.07, 6.45) is 0. The smallest absolute Gasteiger partial charge is 0.308 e. The van der Waals surface area contributed by atoms with Gasteiger partial charge in [0.05, 0.1) is 22.4 Å². The molecule has 4 rings (SSSR count). The van der Waals surface area contributed by atoms with Crippen LogP contribution in [0.3, 0.4) is 0 Å². The molecule has 0 aliphatic carbocycles. The Hall–Kier alpha value is 0.350. The molecule has 1 aliphatic heterocycles. The SMILES string of the molecule is CC(=O)Oc1c(Br)cc(C2(c3cc(Br)c(O)c(Br)c3)OS(=O)(=O)c3c(Br)c(Br)c(Br)c(Br)c32)c(C(C)=O)c1Br. The summed E-state index contributed by atoms with van der Waals surface area (Å²) < 4.78 is 41.2. The number of carbonyl (C=O) groups is 2. The van der Waals surface area contributed by atoms with E-state index < -0.39 is 27.5 Å². The van der Waals surface area contributed by atoms with Gasteiger partial charge >= 0.3 is 5.97 Å². The molecule has 0 amide bonds. The van der Waals surface area contributed by atoms with Gasteiger partial charge in [-0.25, -0.2) is 4.18 Å².